The van der Waals surface area contributed by atoms with Crippen molar-refractivity contribution in [3.05, 3.63) is 51.5 Å². The van der Waals surface area contributed by atoms with Gasteiger partial charge >= 0.3 is 0 Å². The molecule has 0 bridgehead atoms. The van der Waals surface area contributed by atoms with E-state index >= 15 is 0 Å². The highest BCUT2D eigenvalue weighted by Crippen LogP contribution is 2.39. The van der Waals surface area contributed by atoms with E-state index in [0.29, 0.717) is 11.3 Å². The average molecular weight is 395 g/mol. The van der Waals surface area contributed by atoms with E-state index in [1.165, 1.54) is 0 Å². The van der Waals surface area contributed by atoms with E-state index in [9.17, 15) is 0 Å². The van der Waals surface area contributed by atoms with E-state index in [2.05, 4.69) is 42.0 Å². The van der Waals surface area contributed by atoms with Gasteiger partial charge in [-0.2, -0.15) is 0 Å². The zero-order valence-electron chi connectivity index (χ0n) is 10.2. The van der Waals surface area contributed by atoms with Gasteiger partial charge in [0, 0.05) is 20.7 Å². The molecule has 4 nitrogen and oxygen atoms in total. The Kier molecular flexibility index (Phi) is 3.58. The Morgan fingerprint density at radius 2 is 1.95 bits per heavy atom. The summed E-state index contributed by atoms with van der Waals surface area (Å²) in [5, 5.41) is 4.07. The maximum Gasteiger partial charge on any atom is 0.232 e. The van der Waals surface area contributed by atoms with E-state index in [1.54, 1.807) is 6.20 Å². The summed E-state index contributed by atoms with van der Waals surface area (Å²) < 4.78 is 7.01. The van der Waals surface area contributed by atoms with Crippen molar-refractivity contribution in [3.8, 4) is 22.5 Å². The van der Waals surface area contributed by atoms with E-state index in [0.717, 1.165) is 20.2 Å². The molecule has 2 aromatic heterocycles. The second-order valence-electron chi connectivity index (χ2n) is 4.11. The van der Waals surface area contributed by atoms with Gasteiger partial charge < -0.3 is 10.3 Å². The van der Waals surface area contributed by atoms with Crippen LogP contribution in [0.15, 0.2) is 56.1 Å². The van der Waals surface area contributed by atoms with Gasteiger partial charge in [-0.25, -0.2) is 0 Å². The molecule has 1 aromatic carbocycles. The van der Waals surface area contributed by atoms with Crippen molar-refractivity contribution in [3.63, 3.8) is 0 Å². The lowest BCUT2D eigenvalue weighted by Crippen LogP contribution is -1.90. The van der Waals surface area contributed by atoms with Crippen LogP contribution >= 0.6 is 31.9 Å². The average Bonchev–Trinajstić information content (AvgIpc) is 2.84. The fraction of sp³-hybridized carbons (Fsp3) is 0. The second kappa shape index (κ2) is 5.38. The summed E-state index contributed by atoms with van der Waals surface area (Å²) in [7, 11) is 0. The molecule has 0 saturated carbocycles. The van der Waals surface area contributed by atoms with Crippen molar-refractivity contribution in [2.75, 3.05) is 5.73 Å². The normalized spacial score (nSPS) is 10.7. The van der Waals surface area contributed by atoms with Crippen LogP contribution in [0.4, 0.5) is 5.88 Å². The SMILES string of the molecule is Nc1onc(-c2cc(Br)ccc2Br)c1-c1ccccn1. The summed E-state index contributed by atoms with van der Waals surface area (Å²) in [5.41, 5.74) is 8.88. The number of pyridine rings is 1. The fourth-order valence-corrected chi connectivity index (χ4v) is 2.72. The molecule has 0 saturated heterocycles. The molecule has 0 fully saturated rings. The van der Waals surface area contributed by atoms with Crippen LogP contribution in [0.1, 0.15) is 0 Å². The van der Waals surface area contributed by atoms with Crippen molar-refractivity contribution >= 4 is 37.7 Å². The molecular weight excluding hydrogens is 386 g/mol. The lowest BCUT2D eigenvalue weighted by atomic mass is 10.0. The Morgan fingerprint density at radius 1 is 1.10 bits per heavy atom. The summed E-state index contributed by atoms with van der Waals surface area (Å²) >= 11 is 6.97. The fourth-order valence-electron chi connectivity index (χ4n) is 1.92. The van der Waals surface area contributed by atoms with Crippen LogP contribution in [0.2, 0.25) is 0 Å². The largest absolute Gasteiger partial charge is 0.367 e. The van der Waals surface area contributed by atoms with Crippen LogP contribution in [0.5, 0.6) is 0 Å². The van der Waals surface area contributed by atoms with Gasteiger partial charge in [0.25, 0.3) is 0 Å². The van der Waals surface area contributed by atoms with Gasteiger partial charge in [0.1, 0.15) is 5.69 Å². The summed E-state index contributed by atoms with van der Waals surface area (Å²) in [4.78, 5) is 4.31. The number of halogens is 2. The van der Waals surface area contributed by atoms with Crippen LogP contribution in [0, 0.1) is 0 Å². The van der Waals surface area contributed by atoms with Crippen LogP contribution in [0.3, 0.4) is 0 Å². The predicted octanol–water partition coefficient (Wildman–Crippen LogP) is 4.51. The molecule has 0 unspecified atom stereocenters. The standard InChI is InChI=1S/C14H9Br2N3O/c15-8-4-5-10(16)9(7-8)13-12(14(17)20-19-13)11-3-1-2-6-18-11/h1-7H,17H2. The van der Waals surface area contributed by atoms with Gasteiger partial charge in [0.2, 0.25) is 5.88 Å². The first-order chi connectivity index (χ1) is 9.66. The topological polar surface area (TPSA) is 64.9 Å². The number of benzene rings is 1. The summed E-state index contributed by atoms with van der Waals surface area (Å²) in [6, 6.07) is 11.5. The molecule has 0 aliphatic rings. The summed E-state index contributed by atoms with van der Waals surface area (Å²) in [5.74, 6) is 0.255. The van der Waals surface area contributed by atoms with Crippen molar-refractivity contribution in [1.82, 2.24) is 10.1 Å². The molecule has 0 spiro atoms. The van der Waals surface area contributed by atoms with Gasteiger partial charge in [-0.15, -0.1) is 0 Å². The third-order valence-electron chi connectivity index (χ3n) is 2.82. The van der Waals surface area contributed by atoms with Gasteiger partial charge in [-0.1, -0.05) is 43.1 Å². The van der Waals surface area contributed by atoms with Gasteiger partial charge in [-0.05, 0) is 30.3 Å². The number of nitrogen functional groups attached to an aromatic ring is 1. The van der Waals surface area contributed by atoms with E-state index in [1.807, 2.05) is 36.4 Å². The molecule has 3 rings (SSSR count). The Labute approximate surface area is 132 Å². The molecule has 2 heterocycles. The maximum atomic E-state index is 5.90. The number of hydrogen-bond donors (Lipinski definition) is 1. The molecular formula is C14H9Br2N3O. The zero-order valence-corrected chi connectivity index (χ0v) is 13.3. The molecule has 0 radical (unpaired) electrons. The number of aromatic nitrogens is 2. The Bertz CT molecular complexity index is 756. The van der Waals surface area contributed by atoms with Gasteiger partial charge in [0.15, 0.2) is 0 Å². The first-order valence-electron chi connectivity index (χ1n) is 5.79. The molecule has 3 aromatic rings. The first-order valence-corrected chi connectivity index (χ1v) is 7.37. The quantitative estimate of drug-likeness (QED) is 0.694. The first kappa shape index (κ1) is 13.3. The smallest absolute Gasteiger partial charge is 0.232 e. The number of nitrogens with zero attached hydrogens (tertiary/aromatic N) is 2. The molecule has 0 atom stereocenters. The van der Waals surface area contributed by atoms with Crippen molar-refractivity contribution in [2.24, 2.45) is 0 Å². The lowest BCUT2D eigenvalue weighted by molar-refractivity contribution is 0.439. The minimum atomic E-state index is 0.255. The third-order valence-corrected chi connectivity index (χ3v) is 4.01. The van der Waals surface area contributed by atoms with E-state index in [-0.39, 0.29) is 5.88 Å². The van der Waals surface area contributed by atoms with Gasteiger partial charge in [-0.3, -0.25) is 4.98 Å². The molecule has 20 heavy (non-hydrogen) atoms. The molecule has 0 amide bonds. The Balaban J connectivity index is 2.24. The highest BCUT2D eigenvalue weighted by atomic mass is 79.9. The van der Waals surface area contributed by atoms with Crippen LogP contribution in [-0.2, 0) is 0 Å². The Hall–Kier alpha value is -1.66. The minimum absolute atomic E-state index is 0.255. The van der Waals surface area contributed by atoms with Crippen molar-refractivity contribution < 1.29 is 4.52 Å². The maximum absolute atomic E-state index is 5.90. The highest BCUT2D eigenvalue weighted by Gasteiger charge is 2.20. The molecule has 100 valence electrons. The zero-order chi connectivity index (χ0) is 14.1. The van der Waals surface area contributed by atoms with Crippen LogP contribution < -0.4 is 5.73 Å². The molecule has 2 N–H and O–H groups in total. The van der Waals surface area contributed by atoms with Crippen LogP contribution in [-0.4, -0.2) is 10.1 Å². The van der Waals surface area contributed by atoms with Crippen LogP contribution in [0.25, 0.3) is 22.5 Å². The van der Waals surface area contributed by atoms with Crippen molar-refractivity contribution in [2.45, 2.75) is 0 Å². The number of hydrogen-bond acceptors (Lipinski definition) is 4. The lowest BCUT2D eigenvalue weighted by Gasteiger charge is -2.05. The number of anilines is 1. The van der Waals surface area contributed by atoms with Gasteiger partial charge in [0.05, 0.1) is 11.3 Å². The molecule has 0 aliphatic carbocycles. The monoisotopic (exact) mass is 393 g/mol. The highest BCUT2D eigenvalue weighted by molar-refractivity contribution is 9.11. The number of nitrogens with two attached hydrogens (primary N) is 1. The third kappa shape index (κ3) is 2.36. The summed E-state index contributed by atoms with van der Waals surface area (Å²) in [6.07, 6.45) is 1.71. The second-order valence-corrected chi connectivity index (χ2v) is 5.88. The number of rotatable bonds is 2. The molecule has 0 aliphatic heterocycles. The minimum Gasteiger partial charge on any atom is -0.367 e. The van der Waals surface area contributed by atoms with Crippen molar-refractivity contribution in [1.29, 1.82) is 0 Å². The van der Waals surface area contributed by atoms with E-state index < -0.39 is 0 Å². The molecule has 6 heteroatoms. The van der Waals surface area contributed by atoms with E-state index in [4.69, 9.17) is 10.3 Å². The predicted molar refractivity (Wildman–Crippen MR) is 85.0 cm³/mol. The Morgan fingerprint density at radius 3 is 2.70 bits per heavy atom. The summed E-state index contributed by atoms with van der Waals surface area (Å²) in [6.45, 7) is 0.